The summed E-state index contributed by atoms with van der Waals surface area (Å²) < 4.78 is 20.8. The van der Waals surface area contributed by atoms with Gasteiger partial charge in [-0.3, -0.25) is 4.79 Å². The molecule has 0 saturated heterocycles. The number of amides is 1. The molecule has 0 radical (unpaired) electrons. The van der Waals surface area contributed by atoms with Gasteiger partial charge in [0.05, 0.1) is 27.0 Å². The maximum atomic E-state index is 11.8. The summed E-state index contributed by atoms with van der Waals surface area (Å²) in [4.78, 5) is 11.8. The van der Waals surface area contributed by atoms with Crippen LogP contribution in [0.5, 0.6) is 11.5 Å². The van der Waals surface area contributed by atoms with E-state index in [-0.39, 0.29) is 18.2 Å². The third-order valence-corrected chi connectivity index (χ3v) is 3.40. The highest BCUT2D eigenvalue weighted by molar-refractivity contribution is 5.91. The first kappa shape index (κ1) is 15.7. The van der Waals surface area contributed by atoms with Crippen LogP contribution in [0.2, 0.25) is 0 Å². The van der Waals surface area contributed by atoms with Crippen LogP contribution in [-0.2, 0) is 6.54 Å². The highest BCUT2D eigenvalue weighted by atomic mass is 16.5. The van der Waals surface area contributed by atoms with Crippen LogP contribution in [0.15, 0.2) is 51.6 Å². The van der Waals surface area contributed by atoms with Crippen molar-refractivity contribution in [2.24, 2.45) is 0 Å². The Morgan fingerprint density at radius 3 is 2.71 bits per heavy atom. The number of hydrogen-bond acceptors (Lipinski definition) is 6. The van der Waals surface area contributed by atoms with Crippen molar-refractivity contribution in [3.8, 4) is 22.8 Å². The third-order valence-electron chi connectivity index (χ3n) is 3.40. The van der Waals surface area contributed by atoms with Crippen molar-refractivity contribution in [2.45, 2.75) is 6.54 Å². The summed E-state index contributed by atoms with van der Waals surface area (Å²) in [7, 11) is 3.14. The summed E-state index contributed by atoms with van der Waals surface area (Å²) in [5, 5.41) is 6.66. The van der Waals surface area contributed by atoms with Crippen LogP contribution in [0.4, 0.5) is 0 Å². The van der Waals surface area contributed by atoms with Gasteiger partial charge in [0.25, 0.3) is 5.91 Å². The van der Waals surface area contributed by atoms with Crippen LogP contribution in [0.1, 0.15) is 16.2 Å². The fourth-order valence-corrected chi connectivity index (χ4v) is 2.19. The van der Waals surface area contributed by atoms with Crippen LogP contribution >= 0.6 is 0 Å². The molecular weight excluding hydrogens is 312 g/mol. The lowest BCUT2D eigenvalue weighted by molar-refractivity contribution is 0.0922. The van der Waals surface area contributed by atoms with Gasteiger partial charge in [0.2, 0.25) is 0 Å². The minimum absolute atomic E-state index is 0.232. The summed E-state index contributed by atoms with van der Waals surface area (Å²) >= 11 is 0. The summed E-state index contributed by atoms with van der Waals surface area (Å²) in [5.74, 6) is 1.73. The molecule has 1 amide bonds. The topological polar surface area (TPSA) is 86.7 Å². The molecule has 0 fully saturated rings. The maximum absolute atomic E-state index is 11.8. The molecule has 7 nitrogen and oxygen atoms in total. The lowest BCUT2D eigenvalue weighted by Crippen LogP contribution is -2.22. The van der Waals surface area contributed by atoms with Gasteiger partial charge in [0.1, 0.15) is 5.69 Å². The van der Waals surface area contributed by atoms with Gasteiger partial charge in [0.15, 0.2) is 23.0 Å². The smallest absolute Gasteiger partial charge is 0.287 e. The monoisotopic (exact) mass is 328 g/mol. The zero-order valence-corrected chi connectivity index (χ0v) is 13.2. The second-order valence-corrected chi connectivity index (χ2v) is 4.91. The van der Waals surface area contributed by atoms with Crippen LogP contribution in [0.25, 0.3) is 11.3 Å². The fourth-order valence-electron chi connectivity index (χ4n) is 2.19. The molecule has 1 N–H and O–H groups in total. The number of carbonyl (C=O) groups excluding carboxylic acids is 1. The quantitative estimate of drug-likeness (QED) is 0.749. The standard InChI is InChI=1S/C17H16N2O5/c1-21-13-6-5-11(8-16(13)22-2)15-9-12(19-24-15)10-18-17(20)14-4-3-7-23-14/h3-9H,10H2,1-2H3,(H,18,20). The Morgan fingerprint density at radius 1 is 1.17 bits per heavy atom. The molecule has 0 unspecified atom stereocenters. The van der Waals surface area contributed by atoms with Crippen molar-refractivity contribution >= 4 is 5.91 Å². The van der Waals surface area contributed by atoms with Crippen molar-refractivity contribution in [1.82, 2.24) is 10.5 Å². The number of rotatable bonds is 6. The molecule has 0 aliphatic rings. The van der Waals surface area contributed by atoms with Gasteiger partial charge in [-0.15, -0.1) is 0 Å². The van der Waals surface area contributed by atoms with Gasteiger partial charge in [0, 0.05) is 11.6 Å². The zero-order valence-electron chi connectivity index (χ0n) is 13.2. The average molecular weight is 328 g/mol. The lowest BCUT2D eigenvalue weighted by atomic mass is 10.1. The summed E-state index contributed by atoms with van der Waals surface area (Å²) in [5.41, 5.74) is 1.39. The summed E-state index contributed by atoms with van der Waals surface area (Å²) in [6.07, 6.45) is 1.44. The van der Waals surface area contributed by atoms with E-state index in [1.807, 2.05) is 6.07 Å². The first-order chi connectivity index (χ1) is 11.7. The van der Waals surface area contributed by atoms with Gasteiger partial charge in [-0.2, -0.15) is 0 Å². The highest BCUT2D eigenvalue weighted by Crippen LogP contribution is 2.32. The van der Waals surface area contributed by atoms with Gasteiger partial charge >= 0.3 is 0 Å². The molecule has 2 heterocycles. The largest absolute Gasteiger partial charge is 0.493 e. The minimum atomic E-state index is -0.310. The van der Waals surface area contributed by atoms with E-state index in [0.717, 1.165) is 5.56 Å². The first-order valence-corrected chi connectivity index (χ1v) is 7.21. The third kappa shape index (κ3) is 3.24. The molecule has 24 heavy (non-hydrogen) atoms. The average Bonchev–Trinajstić information content (AvgIpc) is 3.30. The first-order valence-electron chi connectivity index (χ1n) is 7.21. The Kier molecular flexibility index (Phi) is 4.51. The lowest BCUT2D eigenvalue weighted by Gasteiger charge is -2.07. The Labute approximate surface area is 138 Å². The number of nitrogens with zero attached hydrogens (tertiary/aromatic N) is 1. The molecular formula is C17H16N2O5. The molecule has 3 aromatic rings. The maximum Gasteiger partial charge on any atom is 0.287 e. The van der Waals surface area contributed by atoms with Crippen LogP contribution < -0.4 is 14.8 Å². The zero-order chi connectivity index (χ0) is 16.9. The van der Waals surface area contributed by atoms with Gasteiger partial charge in [-0.05, 0) is 30.3 Å². The van der Waals surface area contributed by atoms with Crippen molar-refractivity contribution < 1.29 is 23.2 Å². The molecule has 0 aliphatic carbocycles. The Balaban J connectivity index is 1.70. The molecule has 2 aromatic heterocycles. The number of carbonyl (C=O) groups is 1. The Morgan fingerprint density at radius 2 is 2.00 bits per heavy atom. The van der Waals surface area contributed by atoms with Crippen molar-refractivity contribution in [2.75, 3.05) is 14.2 Å². The molecule has 7 heteroatoms. The van der Waals surface area contributed by atoms with E-state index < -0.39 is 0 Å². The van der Waals surface area contributed by atoms with Gasteiger partial charge < -0.3 is 23.7 Å². The predicted molar refractivity (Wildman–Crippen MR) is 84.9 cm³/mol. The second kappa shape index (κ2) is 6.91. The Hall–Kier alpha value is -3.22. The van der Waals surface area contributed by atoms with E-state index in [4.69, 9.17) is 18.4 Å². The van der Waals surface area contributed by atoms with E-state index >= 15 is 0 Å². The Bertz CT molecular complexity index is 823. The van der Waals surface area contributed by atoms with Crippen LogP contribution in [-0.4, -0.2) is 25.3 Å². The number of ether oxygens (including phenoxy) is 2. The molecule has 124 valence electrons. The van der Waals surface area contributed by atoms with E-state index in [2.05, 4.69) is 10.5 Å². The van der Waals surface area contributed by atoms with Crippen molar-refractivity contribution in [3.05, 3.63) is 54.1 Å². The summed E-state index contributed by atoms with van der Waals surface area (Å²) in [6, 6.07) is 10.4. The predicted octanol–water partition coefficient (Wildman–Crippen LogP) is 2.88. The summed E-state index contributed by atoms with van der Waals surface area (Å²) in [6.45, 7) is 0.232. The normalized spacial score (nSPS) is 10.4. The number of methoxy groups -OCH3 is 2. The molecule has 0 spiro atoms. The SMILES string of the molecule is COc1ccc(-c2cc(CNC(=O)c3ccco3)no2)cc1OC. The van der Waals surface area contributed by atoms with E-state index in [0.29, 0.717) is 23.0 Å². The van der Waals surface area contributed by atoms with Gasteiger partial charge in [-0.1, -0.05) is 5.16 Å². The number of nitrogens with one attached hydrogen (secondary N) is 1. The van der Waals surface area contributed by atoms with Crippen LogP contribution in [0.3, 0.4) is 0 Å². The van der Waals surface area contributed by atoms with Crippen LogP contribution in [0, 0.1) is 0 Å². The molecule has 0 bridgehead atoms. The number of benzene rings is 1. The highest BCUT2D eigenvalue weighted by Gasteiger charge is 2.13. The number of furan rings is 1. The number of hydrogen-bond donors (Lipinski definition) is 1. The van der Waals surface area contributed by atoms with Crippen molar-refractivity contribution in [1.29, 1.82) is 0 Å². The molecule has 3 rings (SSSR count). The minimum Gasteiger partial charge on any atom is -0.493 e. The number of aromatic nitrogens is 1. The van der Waals surface area contributed by atoms with Crippen molar-refractivity contribution in [3.63, 3.8) is 0 Å². The molecule has 0 atom stereocenters. The fraction of sp³-hybridized carbons (Fsp3) is 0.176. The second-order valence-electron chi connectivity index (χ2n) is 4.91. The van der Waals surface area contributed by atoms with E-state index in [1.165, 1.54) is 6.26 Å². The van der Waals surface area contributed by atoms with E-state index in [9.17, 15) is 4.79 Å². The van der Waals surface area contributed by atoms with Gasteiger partial charge in [-0.25, -0.2) is 0 Å². The molecule has 0 saturated carbocycles. The molecule has 0 aliphatic heterocycles. The molecule has 1 aromatic carbocycles. The van der Waals surface area contributed by atoms with E-state index in [1.54, 1.807) is 44.6 Å².